The number of nitrogens with one attached hydrogen (secondary N) is 1. The highest BCUT2D eigenvalue weighted by atomic mass is 16.5. The third kappa shape index (κ3) is 2.10. The molecule has 0 aliphatic carbocycles. The first-order chi connectivity index (χ1) is 6.19. The lowest BCUT2D eigenvalue weighted by Gasteiger charge is -1.96. The first-order valence-corrected chi connectivity index (χ1v) is 4.23. The van der Waals surface area contributed by atoms with Crippen LogP contribution in [0.15, 0.2) is 0 Å². The number of aromatic amines is 1. The van der Waals surface area contributed by atoms with Crippen LogP contribution < -0.4 is 0 Å². The highest BCUT2D eigenvalue weighted by molar-refractivity contribution is 5.30. The second-order valence-corrected chi connectivity index (χ2v) is 3.18. The number of H-pyrrole nitrogens is 1. The fourth-order valence-corrected chi connectivity index (χ4v) is 1.06. The second-order valence-electron chi connectivity index (χ2n) is 3.18. The average Bonchev–Trinajstić information content (AvgIpc) is 2.48. The van der Waals surface area contributed by atoms with Crippen molar-refractivity contribution in [1.29, 1.82) is 0 Å². The summed E-state index contributed by atoms with van der Waals surface area (Å²) in [6, 6.07) is 0. The van der Waals surface area contributed by atoms with Crippen LogP contribution in [0.4, 0.5) is 0 Å². The van der Waals surface area contributed by atoms with Gasteiger partial charge in [-0.3, -0.25) is 0 Å². The smallest absolute Gasteiger partial charge is 0.115 e. The first kappa shape index (κ1) is 9.82. The Labute approximate surface area is 78.5 Å². The predicted octanol–water partition coefficient (Wildman–Crippen LogP) is 1.66. The number of methoxy groups -OCH3 is 1. The van der Waals surface area contributed by atoms with Gasteiger partial charge in [-0.1, -0.05) is 19.8 Å². The van der Waals surface area contributed by atoms with Crippen molar-refractivity contribution in [1.82, 2.24) is 9.97 Å². The van der Waals surface area contributed by atoms with Crippen LogP contribution >= 0.6 is 0 Å². The van der Waals surface area contributed by atoms with Crippen molar-refractivity contribution in [3.05, 3.63) is 17.2 Å². The average molecular weight is 178 g/mol. The van der Waals surface area contributed by atoms with E-state index in [1.165, 1.54) is 0 Å². The van der Waals surface area contributed by atoms with Gasteiger partial charge < -0.3 is 9.72 Å². The molecule has 0 aliphatic rings. The van der Waals surface area contributed by atoms with Crippen LogP contribution in [-0.4, -0.2) is 17.1 Å². The summed E-state index contributed by atoms with van der Waals surface area (Å²) >= 11 is 0. The van der Waals surface area contributed by atoms with Gasteiger partial charge in [-0.15, -0.1) is 6.42 Å². The number of hydrogen-bond donors (Lipinski definition) is 1. The van der Waals surface area contributed by atoms with Crippen molar-refractivity contribution in [3.63, 3.8) is 0 Å². The number of imidazole rings is 1. The molecule has 0 amide bonds. The van der Waals surface area contributed by atoms with Gasteiger partial charge in [-0.25, -0.2) is 4.98 Å². The van der Waals surface area contributed by atoms with E-state index in [4.69, 9.17) is 11.2 Å². The molecule has 0 aliphatic heterocycles. The van der Waals surface area contributed by atoms with Crippen LogP contribution in [0.1, 0.15) is 37.0 Å². The molecule has 0 bridgehead atoms. The zero-order valence-corrected chi connectivity index (χ0v) is 8.22. The zero-order valence-electron chi connectivity index (χ0n) is 8.22. The van der Waals surface area contributed by atoms with Crippen LogP contribution in [0.2, 0.25) is 0 Å². The van der Waals surface area contributed by atoms with E-state index in [0.717, 1.165) is 17.2 Å². The van der Waals surface area contributed by atoms with Crippen LogP contribution in [0.5, 0.6) is 0 Å². The molecule has 13 heavy (non-hydrogen) atoms. The summed E-state index contributed by atoms with van der Waals surface area (Å²) in [6.07, 6.45) is 5.32. The molecule has 0 spiro atoms. The number of ether oxygens (including phenoxy) is 1. The molecule has 70 valence electrons. The van der Waals surface area contributed by atoms with E-state index in [9.17, 15) is 0 Å². The molecular formula is C10H14N2O. The maximum Gasteiger partial charge on any atom is 0.115 e. The van der Waals surface area contributed by atoms with Gasteiger partial charge >= 0.3 is 0 Å². The summed E-state index contributed by atoms with van der Waals surface area (Å²) in [5.41, 5.74) is 1.54. The summed E-state index contributed by atoms with van der Waals surface area (Å²) in [7, 11) is 1.63. The maximum absolute atomic E-state index is 5.32. The fraction of sp³-hybridized carbons (Fsp3) is 0.500. The molecule has 0 saturated heterocycles. The monoisotopic (exact) mass is 178 g/mol. The molecule has 1 aromatic heterocycles. The Bertz CT molecular complexity index is 320. The van der Waals surface area contributed by atoms with Gasteiger partial charge in [0.05, 0.1) is 6.61 Å². The normalized spacial score (nSPS) is 10.4. The van der Waals surface area contributed by atoms with E-state index >= 15 is 0 Å². The summed E-state index contributed by atoms with van der Waals surface area (Å²) in [5.74, 6) is 3.83. The number of aromatic nitrogens is 2. The molecule has 0 atom stereocenters. The Morgan fingerprint density at radius 1 is 1.62 bits per heavy atom. The molecule has 3 heteroatoms. The first-order valence-electron chi connectivity index (χ1n) is 4.23. The van der Waals surface area contributed by atoms with E-state index < -0.39 is 0 Å². The zero-order chi connectivity index (χ0) is 9.84. The van der Waals surface area contributed by atoms with Crippen LogP contribution in [0.25, 0.3) is 0 Å². The van der Waals surface area contributed by atoms with E-state index in [2.05, 4.69) is 29.7 Å². The van der Waals surface area contributed by atoms with Crippen LogP contribution in [0.3, 0.4) is 0 Å². The Morgan fingerprint density at radius 2 is 2.31 bits per heavy atom. The topological polar surface area (TPSA) is 37.9 Å². The molecule has 0 aromatic carbocycles. The lowest BCUT2D eigenvalue weighted by molar-refractivity contribution is 0.181. The number of hydrogen-bond acceptors (Lipinski definition) is 2. The maximum atomic E-state index is 5.32. The minimum absolute atomic E-state index is 0.359. The summed E-state index contributed by atoms with van der Waals surface area (Å²) in [5, 5.41) is 0. The van der Waals surface area contributed by atoms with Crippen LogP contribution in [-0.2, 0) is 11.3 Å². The molecule has 1 N–H and O–H groups in total. The van der Waals surface area contributed by atoms with Crippen molar-refractivity contribution in [2.45, 2.75) is 26.4 Å². The van der Waals surface area contributed by atoms with E-state index in [1.54, 1.807) is 7.11 Å². The standard InChI is InChI=1S/C10H14N2O/c1-5-8-9(6-13-4)12-10(11-8)7(2)3/h1,7H,6H2,2-4H3,(H,11,12). The Morgan fingerprint density at radius 3 is 2.77 bits per heavy atom. The third-order valence-electron chi connectivity index (χ3n) is 1.77. The number of nitrogens with zero attached hydrogens (tertiary/aromatic N) is 1. The summed E-state index contributed by atoms with van der Waals surface area (Å²) in [4.78, 5) is 7.44. The Hall–Kier alpha value is -1.27. The van der Waals surface area contributed by atoms with Gasteiger partial charge in [0.2, 0.25) is 0 Å². The van der Waals surface area contributed by atoms with Crippen molar-refractivity contribution < 1.29 is 4.74 Å². The fourth-order valence-electron chi connectivity index (χ4n) is 1.06. The van der Waals surface area contributed by atoms with Gasteiger partial charge in [0.15, 0.2) is 0 Å². The highest BCUT2D eigenvalue weighted by Crippen LogP contribution is 2.13. The van der Waals surface area contributed by atoms with Gasteiger partial charge in [-0.05, 0) is 0 Å². The Kier molecular flexibility index (Phi) is 3.10. The quantitative estimate of drug-likeness (QED) is 0.715. The van der Waals surface area contributed by atoms with Gasteiger partial charge in [0.25, 0.3) is 0 Å². The molecule has 0 saturated carbocycles. The molecule has 0 fully saturated rings. The predicted molar refractivity (Wildman–Crippen MR) is 51.3 cm³/mol. The molecule has 3 nitrogen and oxygen atoms in total. The van der Waals surface area contributed by atoms with Crippen LogP contribution in [0, 0.1) is 12.3 Å². The molecule has 1 heterocycles. The molecular weight excluding hydrogens is 164 g/mol. The lowest BCUT2D eigenvalue weighted by Crippen LogP contribution is -1.92. The van der Waals surface area contributed by atoms with Crippen molar-refractivity contribution in [2.24, 2.45) is 0 Å². The van der Waals surface area contributed by atoms with Gasteiger partial charge in [0, 0.05) is 13.0 Å². The van der Waals surface area contributed by atoms with Crippen molar-refractivity contribution in [2.75, 3.05) is 7.11 Å². The number of terminal acetylenes is 1. The summed E-state index contributed by atoms with van der Waals surface area (Å²) in [6.45, 7) is 4.59. The van der Waals surface area contributed by atoms with Crippen molar-refractivity contribution in [3.8, 4) is 12.3 Å². The van der Waals surface area contributed by atoms with E-state index in [1.807, 2.05) is 0 Å². The molecule has 1 rings (SSSR count). The van der Waals surface area contributed by atoms with Gasteiger partial charge in [0.1, 0.15) is 17.2 Å². The largest absolute Gasteiger partial charge is 0.378 e. The molecule has 0 unspecified atom stereocenters. The van der Waals surface area contributed by atoms with E-state index in [0.29, 0.717) is 12.5 Å². The molecule has 0 radical (unpaired) electrons. The second kappa shape index (κ2) is 4.11. The summed E-state index contributed by atoms with van der Waals surface area (Å²) < 4.78 is 4.99. The Balaban J connectivity index is 2.99. The minimum Gasteiger partial charge on any atom is -0.378 e. The molecule has 1 aromatic rings. The lowest BCUT2D eigenvalue weighted by atomic mass is 10.2. The highest BCUT2D eigenvalue weighted by Gasteiger charge is 2.10. The van der Waals surface area contributed by atoms with Crippen molar-refractivity contribution >= 4 is 0 Å². The van der Waals surface area contributed by atoms with Gasteiger partial charge in [-0.2, -0.15) is 0 Å². The minimum atomic E-state index is 0.359. The SMILES string of the molecule is C#Cc1[nH]c(C(C)C)nc1COC. The third-order valence-corrected chi connectivity index (χ3v) is 1.77. The number of rotatable bonds is 3. The van der Waals surface area contributed by atoms with E-state index in [-0.39, 0.29) is 0 Å².